The van der Waals surface area contributed by atoms with Crippen molar-refractivity contribution in [3.63, 3.8) is 0 Å². The Kier molecular flexibility index (Phi) is 5.87. The maximum Gasteiger partial charge on any atom is 0.271 e. The largest absolute Gasteiger partial charge is 0.497 e. The summed E-state index contributed by atoms with van der Waals surface area (Å²) in [6.45, 7) is 0.395. The van der Waals surface area contributed by atoms with Gasteiger partial charge in [0.15, 0.2) is 0 Å². The van der Waals surface area contributed by atoms with Crippen molar-refractivity contribution < 1.29 is 14.3 Å². The van der Waals surface area contributed by atoms with Crippen LogP contribution >= 0.6 is 0 Å². The zero-order valence-corrected chi connectivity index (χ0v) is 19.3. The molecule has 1 fully saturated rings. The first kappa shape index (κ1) is 21.9. The number of amides is 1. The van der Waals surface area contributed by atoms with Crippen LogP contribution in [0.4, 0.5) is 17.3 Å². The van der Waals surface area contributed by atoms with Gasteiger partial charge in [0.2, 0.25) is 0 Å². The molecule has 0 radical (unpaired) electrons. The molecular weight excluding hydrogens is 434 g/mol. The van der Waals surface area contributed by atoms with Gasteiger partial charge < -0.3 is 19.7 Å². The number of methoxy groups -OCH3 is 2. The minimum atomic E-state index is -0.816. The van der Waals surface area contributed by atoms with E-state index in [-0.39, 0.29) is 5.91 Å². The van der Waals surface area contributed by atoms with E-state index in [9.17, 15) is 4.79 Å². The highest BCUT2D eigenvalue weighted by Crippen LogP contribution is 2.40. The molecule has 0 spiro atoms. The number of benzene rings is 2. The van der Waals surface area contributed by atoms with Gasteiger partial charge in [-0.25, -0.2) is 4.68 Å². The van der Waals surface area contributed by atoms with Crippen molar-refractivity contribution in [2.75, 3.05) is 24.4 Å². The highest BCUT2D eigenvalue weighted by Gasteiger charge is 2.48. The molecule has 0 unspecified atom stereocenters. The van der Waals surface area contributed by atoms with Gasteiger partial charge in [-0.1, -0.05) is 24.4 Å². The number of aliphatic imine (C=N–C) groups is 1. The number of fused-ring (bicyclic) bond motifs is 1. The fraction of sp³-hybridized carbons (Fsp3) is 0.375. The number of hydrogen-bond acceptors (Lipinski definition) is 8. The van der Waals surface area contributed by atoms with E-state index >= 15 is 0 Å². The van der Waals surface area contributed by atoms with Crippen molar-refractivity contribution in [3.05, 3.63) is 48.5 Å². The first-order valence-corrected chi connectivity index (χ1v) is 11.4. The summed E-state index contributed by atoms with van der Waals surface area (Å²) >= 11 is 0. The highest BCUT2D eigenvalue weighted by atomic mass is 16.5. The van der Waals surface area contributed by atoms with Gasteiger partial charge in [0.1, 0.15) is 29.4 Å². The normalized spacial score (nSPS) is 16.4. The zero-order chi connectivity index (χ0) is 23.5. The van der Waals surface area contributed by atoms with Gasteiger partial charge in [-0.05, 0) is 71.8 Å². The molecule has 1 N–H and O–H groups in total. The van der Waals surface area contributed by atoms with E-state index in [0.29, 0.717) is 31.2 Å². The number of ether oxygens (including phenoxy) is 2. The molecule has 1 saturated carbocycles. The van der Waals surface area contributed by atoms with Crippen LogP contribution in [0.3, 0.4) is 0 Å². The van der Waals surface area contributed by atoms with E-state index in [1.165, 1.54) is 0 Å². The van der Waals surface area contributed by atoms with Crippen molar-refractivity contribution in [1.29, 1.82) is 0 Å². The number of anilines is 2. The first-order chi connectivity index (χ1) is 16.6. The third-order valence-corrected chi connectivity index (χ3v) is 6.50. The first-order valence-electron chi connectivity index (χ1n) is 11.4. The molecule has 3 aromatic rings. The monoisotopic (exact) mass is 461 g/mol. The van der Waals surface area contributed by atoms with Gasteiger partial charge in [0.05, 0.1) is 14.2 Å². The molecule has 0 saturated heterocycles. The fourth-order valence-electron chi connectivity index (χ4n) is 4.77. The molecule has 1 aliphatic carbocycles. The van der Waals surface area contributed by atoms with Crippen LogP contribution in [0.2, 0.25) is 0 Å². The predicted octanol–water partition coefficient (Wildman–Crippen LogP) is 3.58. The van der Waals surface area contributed by atoms with Gasteiger partial charge in [-0.15, -0.1) is 0 Å². The number of tetrazole rings is 1. The molecule has 1 aromatic heterocycles. The Labute approximate surface area is 197 Å². The summed E-state index contributed by atoms with van der Waals surface area (Å²) in [6.07, 6.45) is 4.39. The van der Waals surface area contributed by atoms with Crippen molar-refractivity contribution in [1.82, 2.24) is 20.2 Å². The Hall–Kier alpha value is -3.95. The van der Waals surface area contributed by atoms with Gasteiger partial charge in [-0.3, -0.25) is 4.79 Å². The van der Waals surface area contributed by atoms with Crippen LogP contribution in [0.5, 0.6) is 11.5 Å². The Morgan fingerprint density at radius 3 is 2.24 bits per heavy atom. The molecule has 176 valence electrons. The number of aromatic nitrogens is 4. The summed E-state index contributed by atoms with van der Waals surface area (Å²) in [5.74, 6) is 2.58. The second kappa shape index (κ2) is 9.12. The van der Waals surface area contributed by atoms with E-state index in [2.05, 4.69) is 25.7 Å². The average molecular weight is 462 g/mol. The van der Waals surface area contributed by atoms with E-state index in [4.69, 9.17) is 14.5 Å². The zero-order valence-electron chi connectivity index (χ0n) is 19.3. The summed E-state index contributed by atoms with van der Waals surface area (Å²) in [6, 6.07) is 15.1. The minimum Gasteiger partial charge on any atom is -0.497 e. The third-order valence-electron chi connectivity index (χ3n) is 6.50. The second-order valence-corrected chi connectivity index (χ2v) is 8.47. The highest BCUT2D eigenvalue weighted by molar-refractivity contribution is 6.10. The molecule has 10 heteroatoms. The number of hydrogen-bond donors (Lipinski definition) is 1. The van der Waals surface area contributed by atoms with E-state index < -0.39 is 5.54 Å². The van der Waals surface area contributed by atoms with Crippen LogP contribution in [0, 0.1) is 0 Å². The smallest absolute Gasteiger partial charge is 0.271 e. The molecule has 10 nitrogen and oxygen atoms in total. The van der Waals surface area contributed by atoms with Crippen LogP contribution in [-0.2, 0) is 11.3 Å². The van der Waals surface area contributed by atoms with E-state index in [1.54, 1.807) is 18.9 Å². The van der Waals surface area contributed by atoms with Gasteiger partial charge in [-0.2, -0.15) is 4.99 Å². The Morgan fingerprint density at radius 1 is 0.971 bits per heavy atom. The van der Waals surface area contributed by atoms with E-state index in [1.807, 2.05) is 48.5 Å². The number of carbonyl (C=O) groups excluding carboxylic acids is 1. The molecule has 2 heterocycles. The number of rotatable bonds is 6. The van der Waals surface area contributed by atoms with Crippen molar-refractivity contribution in [3.8, 4) is 11.5 Å². The Morgan fingerprint density at radius 2 is 1.62 bits per heavy atom. The number of amidine groups is 1. The summed E-state index contributed by atoms with van der Waals surface area (Å²) < 4.78 is 12.3. The number of carbonyl (C=O) groups is 1. The Bertz CT molecular complexity index is 1180. The minimum absolute atomic E-state index is 0.0634. The SMILES string of the molecule is COc1ccc(NC(=O)C2(N(C3=Nc4nnnn4C3)c3ccc(OC)cc3)CCCCC2)cc1. The second-order valence-electron chi connectivity index (χ2n) is 8.47. The van der Waals surface area contributed by atoms with Crippen LogP contribution in [-0.4, -0.2) is 51.7 Å². The molecular formula is C24H27N7O3. The van der Waals surface area contributed by atoms with E-state index in [0.717, 1.165) is 42.1 Å². The summed E-state index contributed by atoms with van der Waals surface area (Å²) in [5.41, 5.74) is 0.769. The number of nitrogens with zero attached hydrogens (tertiary/aromatic N) is 6. The lowest BCUT2D eigenvalue weighted by Gasteiger charge is -2.46. The molecule has 2 aromatic carbocycles. The molecule has 0 atom stereocenters. The van der Waals surface area contributed by atoms with Gasteiger partial charge >= 0.3 is 0 Å². The van der Waals surface area contributed by atoms with Crippen LogP contribution in [0.1, 0.15) is 32.1 Å². The van der Waals surface area contributed by atoms with Crippen molar-refractivity contribution in [2.24, 2.45) is 4.99 Å². The predicted molar refractivity (Wildman–Crippen MR) is 128 cm³/mol. The topological polar surface area (TPSA) is 107 Å². The van der Waals surface area contributed by atoms with Crippen LogP contribution < -0.4 is 19.7 Å². The lowest BCUT2D eigenvalue weighted by atomic mass is 9.78. The maximum atomic E-state index is 14.0. The van der Waals surface area contributed by atoms with Crippen LogP contribution in [0.25, 0.3) is 0 Å². The quantitative estimate of drug-likeness (QED) is 0.598. The standard InChI is InChI=1S/C24H27N7O3/c1-33-19-10-6-17(7-11-19)25-22(32)24(14-4-3-5-15-24)31(18-8-12-20(34-2)13-9-18)21-16-30-23(26-21)27-28-29-30/h6-13H,3-5,14-16H2,1-2H3,(H,25,32). The van der Waals surface area contributed by atoms with Gasteiger partial charge in [0, 0.05) is 11.4 Å². The third kappa shape index (κ3) is 3.95. The summed E-state index contributed by atoms with van der Waals surface area (Å²) in [7, 11) is 3.26. The fourth-order valence-corrected chi connectivity index (χ4v) is 4.77. The average Bonchev–Trinajstić information content (AvgIpc) is 3.48. The lowest BCUT2D eigenvalue weighted by molar-refractivity contribution is -0.122. The van der Waals surface area contributed by atoms with Crippen molar-refractivity contribution >= 4 is 29.1 Å². The molecule has 1 amide bonds. The van der Waals surface area contributed by atoms with Gasteiger partial charge in [0.25, 0.3) is 11.9 Å². The molecule has 1 aliphatic heterocycles. The molecule has 34 heavy (non-hydrogen) atoms. The summed E-state index contributed by atoms with van der Waals surface area (Å²) in [4.78, 5) is 20.8. The lowest BCUT2D eigenvalue weighted by Crippen LogP contribution is -2.60. The molecule has 0 bridgehead atoms. The van der Waals surface area contributed by atoms with Crippen molar-refractivity contribution in [2.45, 2.75) is 44.2 Å². The maximum absolute atomic E-state index is 14.0. The Balaban J connectivity index is 1.55. The number of nitrogens with one attached hydrogen (secondary N) is 1. The molecule has 5 rings (SSSR count). The van der Waals surface area contributed by atoms with Crippen LogP contribution in [0.15, 0.2) is 53.5 Å². The summed E-state index contributed by atoms with van der Waals surface area (Å²) in [5, 5.41) is 14.9. The molecule has 2 aliphatic rings.